The molecule has 9 heteroatoms. The zero-order valence-electron chi connectivity index (χ0n) is 8.81. The highest BCUT2D eigenvalue weighted by Crippen LogP contribution is 2.28. The summed E-state index contributed by atoms with van der Waals surface area (Å²) in [6.45, 7) is -0.210. The monoisotopic (exact) mass is 400 g/mol. The molecule has 1 aliphatic heterocycles. The van der Waals surface area contributed by atoms with Gasteiger partial charge < -0.3 is 0 Å². The topological polar surface area (TPSA) is 67.3 Å². The third kappa shape index (κ3) is 2.72. The maximum absolute atomic E-state index is 12.9. The van der Waals surface area contributed by atoms with Crippen molar-refractivity contribution in [3.8, 4) is 0 Å². The Morgan fingerprint density at radius 2 is 2.06 bits per heavy atom. The van der Waals surface area contributed by atoms with Crippen molar-refractivity contribution in [2.24, 2.45) is 0 Å². The van der Waals surface area contributed by atoms with Gasteiger partial charge in [0.2, 0.25) is 5.91 Å². The fourth-order valence-electron chi connectivity index (χ4n) is 1.64. The van der Waals surface area contributed by atoms with Gasteiger partial charge in [0.1, 0.15) is 15.7 Å². The van der Waals surface area contributed by atoms with Crippen LogP contribution in [0, 0.1) is 0 Å². The van der Waals surface area contributed by atoms with Crippen molar-refractivity contribution in [3.05, 3.63) is 21.2 Å². The van der Waals surface area contributed by atoms with Crippen LogP contribution in [-0.4, -0.2) is 31.1 Å². The van der Waals surface area contributed by atoms with Crippen LogP contribution >= 0.6 is 31.9 Å². The third-order valence-electron chi connectivity index (χ3n) is 2.55. The summed E-state index contributed by atoms with van der Waals surface area (Å²) in [4.78, 5) is 16.9. The zero-order valence-corrected chi connectivity index (χ0v) is 12.8. The lowest BCUT2D eigenvalue weighted by atomic mass is 10.4. The van der Waals surface area contributed by atoms with Crippen molar-refractivity contribution in [2.75, 3.05) is 11.4 Å². The summed E-state index contributed by atoms with van der Waals surface area (Å²) in [5.41, 5.74) is 0. The largest absolute Gasteiger partial charge is 0.307 e. The molecule has 0 saturated carbocycles. The summed E-state index contributed by atoms with van der Waals surface area (Å²) in [6, 6.07) is 3.22. The van der Waals surface area contributed by atoms with Gasteiger partial charge in [0.05, 0.1) is 4.47 Å². The fraction of sp³-hybridized carbons (Fsp3) is 0.333. The molecule has 18 heavy (non-hydrogen) atoms. The van der Waals surface area contributed by atoms with E-state index in [1.165, 1.54) is 4.90 Å². The molecule has 0 bridgehead atoms. The first-order valence-corrected chi connectivity index (χ1v) is 7.88. The molecule has 0 N–H and O–H groups in total. The minimum Gasteiger partial charge on any atom is -0.295 e. The van der Waals surface area contributed by atoms with Crippen molar-refractivity contribution in [2.45, 2.75) is 11.7 Å². The second-order valence-corrected chi connectivity index (χ2v) is 6.97. The Labute approximate surface area is 120 Å². The summed E-state index contributed by atoms with van der Waals surface area (Å²) in [7, 11) is -4.71. The molecule has 0 aromatic carbocycles. The standard InChI is InChI=1S/C9H7Br2FN2O3S/c10-6-1-2-7(13-9(6)11)14-4-5(3-8(14)15)18(12,16)17/h1-2,5H,3-4H2. The Hall–Kier alpha value is -0.540. The van der Waals surface area contributed by atoms with E-state index in [9.17, 15) is 17.1 Å². The van der Waals surface area contributed by atoms with Crippen molar-refractivity contribution < 1.29 is 17.1 Å². The average Bonchev–Trinajstić information content (AvgIpc) is 2.64. The normalized spacial score (nSPS) is 20.5. The smallest absolute Gasteiger partial charge is 0.295 e. The molecule has 5 nitrogen and oxygen atoms in total. The van der Waals surface area contributed by atoms with Crippen LogP contribution in [0.4, 0.5) is 9.70 Å². The molecule has 1 fully saturated rings. The molecule has 1 amide bonds. The summed E-state index contributed by atoms with van der Waals surface area (Å²) in [5, 5.41) is -1.31. The van der Waals surface area contributed by atoms with Gasteiger partial charge in [0.15, 0.2) is 0 Å². The summed E-state index contributed by atoms with van der Waals surface area (Å²) in [5.74, 6) is -0.163. The highest BCUT2D eigenvalue weighted by molar-refractivity contribution is 9.13. The first kappa shape index (κ1) is 13.9. The van der Waals surface area contributed by atoms with Crippen LogP contribution in [0.3, 0.4) is 0 Å². The molecular weight excluding hydrogens is 395 g/mol. The Bertz CT molecular complexity index is 608. The Kier molecular flexibility index (Phi) is 3.75. The van der Waals surface area contributed by atoms with Crippen molar-refractivity contribution in [1.29, 1.82) is 0 Å². The molecule has 1 aliphatic rings. The second-order valence-electron chi connectivity index (χ2n) is 3.75. The highest BCUT2D eigenvalue weighted by atomic mass is 79.9. The van der Waals surface area contributed by atoms with E-state index in [1.54, 1.807) is 12.1 Å². The van der Waals surface area contributed by atoms with Crippen LogP contribution in [0.1, 0.15) is 6.42 Å². The van der Waals surface area contributed by atoms with Gasteiger partial charge in [-0.1, -0.05) is 0 Å². The van der Waals surface area contributed by atoms with Gasteiger partial charge in [-0.05, 0) is 44.0 Å². The van der Waals surface area contributed by atoms with Crippen LogP contribution < -0.4 is 4.90 Å². The lowest BCUT2D eigenvalue weighted by Crippen LogP contribution is -2.27. The van der Waals surface area contributed by atoms with E-state index in [2.05, 4.69) is 36.8 Å². The number of aromatic nitrogens is 1. The molecule has 0 radical (unpaired) electrons. The number of carbonyl (C=O) groups excluding carboxylic acids is 1. The fourth-order valence-corrected chi connectivity index (χ4v) is 2.85. The molecule has 98 valence electrons. The molecule has 0 spiro atoms. The van der Waals surface area contributed by atoms with E-state index in [0.717, 1.165) is 0 Å². The van der Waals surface area contributed by atoms with Crippen LogP contribution in [-0.2, 0) is 15.0 Å². The number of hydrogen-bond acceptors (Lipinski definition) is 4. The second kappa shape index (κ2) is 4.86. The SMILES string of the molecule is O=C1CC(S(=O)(=O)F)CN1c1ccc(Br)c(Br)n1. The van der Waals surface area contributed by atoms with E-state index in [1.807, 2.05) is 0 Å². The van der Waals surface area contributed by atoms with Crippen molar-refractivity contribution >= 4 is 53.8 Å². The molecule has 1 atom stereocenters. The lowest BCUT2D eigenvalue weighted by molar-refractivity contribution is -0.117. The first-order chi connectivity index (χ1) is 8.29. The number of amides is 1. The molecule has 1 saturated heterocycles. The number of carbonyl (C=O) groups is 1. The molecular formula is C9H7Br2FN2O3S. The van der Waals surface area contributed by atoms with E-state index < -0.39 is 21.4 Å². The number of anilines is 1. The first-order valence-electron chi connectivity index (χ1n) is 4.85. The Morgan fingerprint density at radius 3 is 2.56 bits per heavy atom. The van der Waals surface area contributed by atoms with Crippen LogP contribution in [0.2, 0.25) is 0 Å². The maximum Gasteiger partial charge on any atom is 0.307 e. The number of hydrogen-bond donors (Lipinski definition) is 0. The highest BCUT2D eigenvalue weighted by Gasteiger charge is 2.39. The zero-order chi connectivity index (χ0) is 13.5. The predicted octanol–water partition coefficient (Wildman–Crippen LogP) is 2.01. The van der Waals surface area contributed by atoms with Gasteiger partial charge in [-0.2, -0.15) is 8.42 Å². The minimum absolute atomic E-state index is 0.210. The van der Waals surface area contributed by atoms with Crippen molar-refractivity contribution in [3.63, 3.8) is 0 Å². The maximum atomic E-state index is 12.9. The van der Waals surface area contributed by atoms with Gasteiger partial charge in [0.25, 0.3) is 0 Å². The number of pyridine rings is 1. The van der Waals surface area contributed by atoms with Gasteiger partial charge in [-0.25, -0.2) is 4.98 Å². The van der Waals surface area contributed by atoms with Crippen LogP contribution in [0.25, 0.3) is 0 Å². The third-order valence-corrected chi connectivity index (χ3v) is 5.44. The molecule has 1 aromatic heterocycles. The minimum atomic E-state index is -4.71. The quantitative estimate of drug-likeness (QED) is 0.561. The van der Waals surface area contributed by atoms with Crippen molar-refractivity contribution in [1.82, 2.24) is 4.98 Å². The van der Waals surface area contributed by atoms with Crippen LogP contribution in [0.15, 0.2) is 21.2 Å². The van der Waals surface area contributed by atoms with Gasteiger partial charge >= 0.3 is 10.2 Å². The molecule has 1 aromatic rings. The average molecular weight is 402 g/mol. The number of nitrogens with zero attached hydrogens (tertiary/aromatic N) is 2. The number of rotatable bonds is 2. The lowest BCUT2D eigenvalue weighted by Gasteiger charge is -2.15. The van der Waals surface area contributed by atoms with Gasteiger partial charge in [-0.15, -0.1) is 3.89 Å². The summed E-state index contributed by atoms with van der Waals surface area (Å²) >= 11 is 6.41. The molecule has 1 unspecified atom stereocenters. The summed E-state index contributed by atoms with van der Waals surface area (Å²) in [6.07, 6.45) is -0.353. The van der Waals surface area contributed by atoms with Crippen LogP contribution in [0.5, 0.6) is 0 Å². The summed E-state index contributed by atoms with van der Waals surface area (Å²) < 4.78 is 35.6. The Morgan fingerprint density at radius 1 is 1.39 bits per heavy atom. The van der Waals surface area contributed by atoms with Gasteiger partial charge in [-0.3, -0.25) is 9.69 Å². The molecule has 0 aliphatic carbocycles. The van der Waals surface area contributed by atoms with E-state index >= 15 is 0 Å². The predicted molar refractivity (Wildman–Crippen MR) is 70.4 cm³/mol. The van der Waals surface area contributed by atoms with Gasteiger partial charge in [0, 0.05) is 13.0 Å². The molecule has 2 heterocycles. The van der Waals surface area contributed by atoms with E-state index in [4.69, 9.17) is 0 Å². The Balaban J connectivity index is 2.30. The van der Waals surface area contributed by atoms with E-state index in [0.29, 0.717) is 14.9 Å². The molecule has 2 rings (SSSR count). The number of halogens is 3. The van der Waals surface area contributed by atoms with E-state index in [-0.39, 0.29) is 13.0 Å².